The molecule has 0 fully saturated rings. The van der Waals surface area contributed by atoms with E-state index >= 15 is 0 Å². The van der Waals surface area contributed by atoms with E-state index in [0.29, 0.717) is 12.2 Å². The average molecular weight is 315 g/mol. The van der Waals surface area contributed by atoms with Crippen LogP contribution >= 0.6 is 0 Å². The van der Waals surface area contributed by atoms with Crippen molar-refractivity contribution in [2.75, 3.05) is 18.4 Å². The highest BCUT2D eigenvalue weighted by Crippen LogP contribution is 2.27. The summed E-state index contributed by atoms with van der Waals surface area (Å²) in [5.41, 5.74) is -0.181. The molecule has 0 saturated heterocycles. The Morgan fingerprint density at radius 3 is 2.38 bits per heavy atom. The zero-order valence-electron chi connectivity index (χ0n) is 12.6. The first-order valence-electron chi connectivity index (χ1n) is 6.59. The predicted molar refractivity (Wildman–Crippen MR) is 81.9 cm³/mol. The van der Waals surface area contributed by atoms with Crippen LogP contribution < -0.4 is 10.0 Å². The number of hydrogen-bond donors (Lipinski definition) is 2. The van der Waals surface area contributed by atoms with Crippen LogP contribution in [-0.2, 0) is 10.0 Å². The molecule has 0 unspecified atom stereocenters. The molecule has 0 heterocycles. The van der Waals surface area contributed by atoms with Gasteiger partial charge in [-0.25, -0.2) is 13.1 Å². The van der Waals surface area contributed by atoms with Gasteiger partial charge in [-0.1, -0.05) is 20.8 Å². The first kappa shape index (κ1) is 17.4. The Labute approximate surface area is 124 Å². The third-order valence-electron chi connectivity index (χ3n) is 2.62. The number of anilines is 1. The maximum absolute atomic E-state index is 12.2. The zero-order chi connectivity index (χ0) is 16.3. The van der Waals surface area contributed by atoms with Crippen molar-refractivity contribution in [1.82, 2.24) is 4.72 Å². The van der Waals surface area contributed by atoms with E-state index < -0.39 is 20.6 Å². The molecule has 0 aliphatic rings. The molecule has 0 radical (unpaired) electrons. The van der Waals surface area contributed by atoms with E-state index in [2.05, 4.69) is 10.0 Å². The molecule has 0 spiro atoms. The van der Waals surface area contributed by atoms with Crippen LogP contribution in [0.4, 0.5) is 11.4 Å². The summed E-state index contributed by atoms with van der Waals surface area (Å²) in [6, 6.07) is 4.00. The molecule has 1 aromatic carbocycles. The fourth-order valence-electron chi connectivity index (χ4n) is 1.59. The van der Waals surface area contributed by atoms with Crippen LogP contribution in [0.5, 0.6) is 0 Å². The quantitative estimate of drug-likeness (QED) is 0.620. The van der Waals surface area contributed by atoms with Gasteiger partial charge >= 0.3 is 0 Å². The second-order valence-corrected chi connectivity index (χ2v) is 7.59. The van der Waals surface area contributed by atoms with Crippen molar-refractivity contribution in [1.29, 1.82) is 0 Å². The number of sulfonamides is 1. The third kappa shape index (κ3) is 4.98. The van der Waals surface area contributed by atoms with Crippen LogP contribution in [0.2, 0.25) is 0 Å². The van der Waals surface area contributed by atoms with Gasteiger partial charge in [0.25, 0.3) is 5.69 Å². The number of benzene rings is 1. The van der Waals surface area contributed by atoms with Gasteiger partial charge in [0, 0.05) is 24.8 Å². The van der Waals surface area contributed by atoms with Crippen molar-refractivity contribution >= 4 is 21.4 Å². The summed E-state index contributed by atoms with van der Waals surface area (Å²) in [6.07, 6.45) is 0. The van der Waals surface area contributed by atoms with Crippen LogP contribution in [-0.4, -0.2) is 26.4 Å². The first-order valence-corrected chi connectivity index (χ1v) is 8.07. The minimum Gasteiger partial charge on any atom is -0.385 e. The van der Waals surface area contributed by atoms with Crippen LogP contribution in [0.25, 0.3) is 0 Å². The SMILES string of the molecule is CCNc1ccc(S(=O)(=O)NCC(C)(C)C)c([N+](=O)[O-])c1. The molecule has 0 aliphatic carbocycles. The number of hydrogen-bond acceptors (Lipinski definition) is 5. The van der Waals surface area contributed by atoms with Gasteiger partial charge in [0.05, 0.1) is 4.92 Å². The number of nitrogens with one attached hydrogen (secondary N) is 2. The van der Waals surface area contributed by atoms with E-state index in [1.807, 2.05) is 27.7 Å². The van der Waals surface area contributed by atoms with Crippen molar-refractivity contribution in [3.8, 4) is 0 Å². The Bertz CT molecular complexity index is 621. The molecular formula is C13H21N3O4S. The summed E-state index contributed by atoms with van der Waals surface area (Å²) in [7, 11) is -3.92. The minimum atomic E-state index is -3.92. The highest BCUT2D eigenvalue weighted by molar-refractivity contribution is 7.89. The van der Waals surface area contributed by atoms with E-state index in [0.717, 1.165) is 0 Å². The molecule has 0 amide bonds. The molecule has 0 aliphatic heterocycles. The van der Waals surface area contributed by atoms with Crippen LogP contribution in [0.1, 0.15) is 27.7 Å². The highest BCUT2D eigenvalue weighted by Gasteiger charge is 2.27. The maximum Gasteiger partial charge on any atom is 0.291 e. The molecule has 0 atom stereocenters. The lowest BCUT2D eigenvalue weighted by atomic mass is 9.98. The molecule has 0 bridgehead atoms. The van der Waals surface area contributed by atoms with E-state index in [9.17, 15) is 18.5 Å². The standard InChI is InChI=1S/C13H21N3O4S/c1-5-14-10-6-7-12(11(8-10)16(17)18)21(19,20)15-9-13(2,3)4/h6-8,14-15H,5,9H2,1-4H3. The summed E-state index contributed by atoms with van der Waals surface area (Å²) < 4.78 is 26.9. The number of rotatable bonds is 6. The molecule has 0 aromatic heterocycles. The van der Waals surface area contributed by atoms with Gasteiger partial charge in [0.2, 0.25) is 10.0 Å². The summed E-state index contributed by atoms with van der Waals surface area (Å²) in [5, 5.41) is 14.0. The normalized spacial score (nSPS) is 12.2. The van der Waals surface area contributed by atoms with Crippen LogP contribution in [0.15, 0.2) is 23.1 Å². The van der Waals surface area contributed by atoms with Crippen molar-refractivity contribution in [2.45, 2.75) is 32.6 Å². The van der Waals surface area contributed by atoms with Crippen LogP contribution in [0, 0.1) is 15.5 Å². The van der Waals surface area contributed by atoms with Gasteiger partial charge in [0.15, 0.2) is 4.90 Å². The van der Waals surface area contributed by atoms with Crippen molar-refractivity contribution in [2.24, 2.45) is 5.41 Å². The number of nitro benzene ring substituents is 1. The lowest BCUT2D eigenvalue weighted by Gasteiger charge is -2.18. The molecule has 0 saturated carbocycles. The van der Waals surface area contributed by atoms with Gasteiger partial charge in [-0.2, -0.15) is 0 Å². The first-order chi connectivity index (χ1) is 9.57. The summed E-state index contributed by atoms with van der Waals surface area (Å²) in [4.78, 5) is 10.1. The Morgan fingerprint density at radius 1 is 1.29 bits per heavy atom. The second-order valence-electron chi connectivity index (χ2n) is 5.86. The van der Waals surface area contributed by atoms with Crippen molar-refractivity contribution < 1.29 is 13.3 Å². The minimum absolute atomic E-state index is 0.196. The Hall–Kier alpha value is -1.67. The highest BCUT2D eigenvalue weighted by atomic mass is 32.2. The van der Waals surface area contributed by atoms with Gasteiger partial charge < -0.3 is 5.32 Å². The average Bonchev–Trinajstić information content (AvgIpc) is 2.36. The molecule has 21 heavy (non-hydrogen) atoms. The van der Waals surface area contributed by atoms with Gasteiger partial charge in [-0.15, -0.1) is 0 Å². The molecule has 1 rings (SSSR count). The Balaban J connectivity index is 3.19. The molecule has 8 heteroatoms. The predicted octanol–water partition coefficient (Wildman–Crippen LogP) is 2.35. The van der Waals surface area contributed by atoms with Crippen LogP contribution in [0.3, 0.4) is 0 Å². The molecule has 118 valence electrons. The molecular weight excluding hydrogens is 294 g/mol. The number of nitrogens with zero attached hydrogens (tertiary/aromatic N) is 1. The van der Waals surface area contributed by atoms with E-state index in [1.165, 1.54) is 18.2 Å². The van der Waals surface area contributed by atoms with Gasteiger partial charge in [0.1, 0.15) is 0 Å². The van der Waals surface area contributed by atoms with Crippen molar-refractivity contribution in [3.63, 3.8) is 0 Å². The molecule has 1 aromatic rings. The summed E-state index contributed by atoms with van der Waals surface area (Å²) in [6.45, 7) is 8.25. The zero-order valence-corrected chi connectivity index (χ0v) is 13.5. The Morgan fingerprint density at radius 2 is 1.90 bits per heavy atom. The molecule has 7 nitrogen and oxygen atoms in total. The van der Waals surface area contributed by atoms with Gasteiger partial charge in [-0.05, 0) is 24.5 Å². The largest absolute Gasteiger partial charge is 0.385 e. The number of nitro groups is 1. The summed E-state index contributed by atoms with van der Waals surface area (Å²) >= 11 is 0. The fraction of sp³-hybridized carbons (Fsp3) is 0.538. The lowest BCUT2D eigenvalue weighted by molar-refractivity contribution is -0.387. The smallest absolute Gasteiger partial charge is 0.291 e. The second kappa shape index (κ2) is 6.40. The van der Waals surface area contributed by atoms with Gasteiger partial charge in [-0.3, -0.25) is 10.1 Å². The Kier molecular flexibility index (Phi) is 5.30. The lowest BCUT2D eigenvalue weighted by Crippen LogP contribution is -2.32. The van der Waals surface area contributed by atoms with E-state index in [-0.39, 0.29) is 16.9 Å². The topological polar surface area (TPSA) is 101 Å². The van der Waals surface area contributed by atoms with E-state index in [1.54, 1.807) is 0 Å². The molecule has 2 N–H and O–H groups in total. The third-order valence-corrected chi connectivity index (χ3v) is 4.07. The van der Waals surface area contributed by atoms with Crippen molar-refractivity contribution in [3.05, 3.63) is 28.3 Å². The fourth-order valence-corrected chi connectivity index (χ4v) is 3.03. The summed E-state index contributed by atoms with van der Waals surface area (Å²) in [5.74, 6) is 0. The maximum atomic E-state index is 12.2. The monoisotopic (exact) mass is 315 g/mol. The van der Waals surface area contributed by atoms with E-state index in [4.69, 9.17) is 0 Å².